The van der Waals surface area contributed by atoms with Crippen LogP contribution in [0.15, 0.2) is 48.8 Å². The van der Waals surface area contributed by atoms with E-state index in [-0.39, 0.29) is 10.8 Å². The molecule has 3 aromatic heterocycles. The summed E-state index contributed by atoms with van der Waals surface area (Å²) >= 11 is 5.87. The fourth-order valence-electron chi connectivity index (χ4n) is 3.12. The van der Waals surface area contributed by atoms with Gasteiger partial charge in [0, 0.05) is 35.5 Å². The van der Waals surface area contributed by atoms with Crippen molar-refractivity contribution in [2.75, 3.05) is 11.1 Å². The van der Waals surface area contributed by atoms with Gasteiger partial charge in [0.15, 0.2) is 5.78 Å². The number of H-pyrrole nitrogens is 1. The summed E-state index contributed by atoms with van der Waals surface area (Å²) in [5.74, 6) is -0.139. The molecule has 0 bridgehead atoms. The molecule has 6 nitrogen and oxygen atoms in total. The first-order valence-corrected chi connectivity index (χ1v) is 9.33. The fraction of sp³-hybridized carbons (Fsp3) is 0.0952. The number of anilines is 3. The molecule has 3 heterocycles. The summed E-state index contributed by atoms with van der Waals surface area (Å²) in [5, 5.41) is 3.99. The number of Topliss-reactive ketones (excluding diaryl/α,β-unsaturated/α-hetero) is 1. The van der Waals surface area contributed by atoms with Crippen LogP contribution in [0.5, 0.6) is 0 Å². The minimum atomic E-state index is -0.495. The minimum absolute atomic E-state index is 0.0145. The second-order valence-electron chi connectivity index (χ2n) is 6.46. The largest absolute Gasteiger partial charge is 0.384 e. The molecule has 0 spiro atoms. The van der Waals surface area contributed by atoms with E-state index in [0.717, 1.165) is 10.9 Å². The number of nitrogen functional groups attached to an aromatic ring is 1. The summed E-state index contributed by atoms with van der Waals surface area (Å²) in [6.45, 7) is 1.79. The lowest BCUT2D eigenvalue weighted by molar-refractivity contribution is 0.0983. The molecule has 0 atom stereocenters. The number of aromatic amines is 1. The maximum Gasteiger partial charge on any atom is 0.180 e. The predicted molar refractivity (Wildman–Crippen MR) is 113 cm³/mol. The Bertz CT molecular complexity index is 1240. The van der Waals surface area contributed by atoms with E-state index < -0.39 is 5.82 Å². The molecule has 1 aromatic carbocycles. The van der Waals surface area contributed by atoms with Gasteiger partial charge in [0.05, 0.1) is 21.9 Å². The number of hydrogen-bond acceptors (Lipinski definition) is 5. The molecule has 0 radical (unpaired) electrons. The Hall–Kier alpha value is -3.45. The van der Waals surface area contributed by atoms with Crippen LogP contribution in [0.2, 0.25) is 5.02 Å². The second kappa shape index (κ2) is 7.52. The fourth-order valence-corrected chi connectivity index (χ4v) is 3.30. The first-order valence-electron chi connectivity index (χ1n) is 8.95. The Morgan fingerprint density at radius 2 is 2.00 bits per heavy atom. The number of hydrogen-bond donors (Lipinski definition) is 3. The first-order chi connectivity index (χ1) is 14.0. The maximum atomic E-state index is 13.4. The Balaban J connectivity index is 1.80. The molecule has 146 valence electrons. The molecule has 0 saturated carbocycles. The van der Waals surface area contributed by atoms with Gasteiger partial charge in [-0.2, -0.15) is 0 Å². The quantitative estimate of drug-likeness (QED) is 0.387. The van der Waals surface area contributed by atoms with Gasteiger partial charge in [-0.3, -0.25) is 14.8 Å². The summed E-state index contributed by atoms with van der Waals surface area (Å²) in [7, 11) is 0. The number of nitrogens with two attached hydrogens (primary N) is 1. The van der Waals surface area contributed by atoms with Gasteiger partial charge in [0.25, 0.3) is 0 Å². The van der Waals surface area contributed by atoms with Gasteiger partial charge in [-0.15, -0.1) is 0 Å². The van der Waals surface area contributed by atoms with E-state index >= 15 is 0 Å². The molecule has 0 aliphatic heterocycles. The summed E-state index contributed by atoms with van der Waals surface area (Å²) in [5.41, 5.74) is 9.92. The van der Waals surface area contributed by atoms with Crippen molar-refractivity contribution in [2.45, 2.75) is 13.3 Å². The molecule has 0 amide bonds. The van der Waals surface area contributed by atoms with E-state index in [1.165, 1.54) is 12.1 Å². The van der Waals surface area contributed by atoms with E-state index in [9.17, 15) is 9.18 Å². The summed E-state index contributed by atoms with van der Waals surface area (Å²) < 4.78 is 13.4. The highest BCUT2D eigenvalue weighted by molar-refractivity contribution is 6.31. The van der Waals surface area contributed by atoms with Crippen LogP contribution in [-0.2, 0) is 0 Å². The Morgan fingerprint density at radius 1 is 1.21 bits per heavy atom. The van der Waals surface area contributed by atoms with E-state index in [1.807, 2.05) is 6.07 Å². The molecule has 0 aliphatic rings. The minimum Gasteiger partial charge on any atom is -0.384 e. The lowest BCUT2D eigenvalue weighted by Gasteiger charge is -2.08. The molecule has 29 heavy (non-hydrogen) atoms. The smallest absolute Gasteiger partial charge is 0.180 e. The molecular weight excluding hydrogens is 393 g/mol. The zero-order valence-corrected chi connectivity index (χ0v) is 16.2. The monoisotopic (exact) mass is 409 g/mol. The van der Waals surface area contributed by atoms with Crippen LogP contribution in [0.25, 0.3) is 22.2 Å². The number of benzene rings is 1. The van der Waals surface area contributed by atoms with Gasteiger partial charge in [-0.05, 0) is 36.4 Å². The van der Waals surface area contributed by atoms with Crippen LogP contribution in [0.1, 0.15) is 23.8 Å². The maximum absolute atomic E-state index is 13.4. The third-order valence-corrected chi connectivity index (χ3v) is 4.87. The number of aromatic nitrogens is 3. The molecule has 8 heteroatoms. The molecule has 0 aliphatic carbocycles. The van der Waals surface area contributed by atoms with Crippen LogP contribution in [-0.4, -0.2) is 20.7 Å². The number of nitrogens with one attached hydrogen (secondary N) is 2. The van der Waals surface area contributed by atoms with Crippen molar-refractivity contribution in [2.24, 2.45) is 0 Å². The SMILES string of the molecule is CCC(=O)c1cc(-c2nccc3c(Nc4ccc(F)c(Cl)c4)c(N)[nH]c23)ccn1. The van der Waals surface area contributed by atoms with Crippen LogP contribution >= 0.6 is 11.6 Å². The first kappa shape index (κ1) is 18.9. The molecule has 0 saturated heterocycles. The molecule has 4 rings (SSSR count). The van der Waals surface area contributed by atoms with E-state index in [0.29, 0.717) is 40.5 Å². The van der Waals surface area contributed by atoms with Gasteiger partial charge in [-0.1, -0.05) is 18.5 Å². The van der Waals surface area contributed by atoms with Gasteiger partial charge in [0.2, 0.25) is 0 Å². The average molecular weight is 410 g/mol. The summed E-state index contributed by atoms with van der Waals surface area (Å²) in [4.78, 5) is 23.8. The van der Waals surface area contributed by atoms with Crippen LogP contribution in [0, 0.1) is 5.82 Å². The number of halogens is 2. The lowest BCUT2D eigenvalue weighted by atomic mass is 10.1. The van der Waals surface area contributed by atoms with Gasteiger partial charge >= 0.3 is 0 Å². The normalized spacial score (nSPS) is 11.0. The van der Waals surface area contributed by atoms with E-state index in [2.05, 4.69) is 20.3 Å². The number of rotatable bonds is 5. The number of nitrogens with zero attached hydrogens (tertiary/aromatic N) is 2. The van der Waals surface area contributed by atoms with E-state index in [1.54, 1.807) is 37.5 Å². The number of carbonyl (C=O) groups is 1. The zero-order chi connectivity index (χ0) is 20.5. The topological polar surface area (TPSA) is 96.7 Å². The van der Waals surface area contributed by atoms with Crippen molar-refractivity contribution in [3.05, 3.63) is 65.3 Å². The van der Waals surface area contributed by atoms with Crippen LogP contribution in [0.3, 0.4) is 0 Å². The van der Waals surface area contributed by atoms with Crippen molar-refractivity contribution < 1.29 is 9.18 Å². The molecular formula is C21H17ClFN5O. The van der Waals surface area contributed by atoms with Crippen molar-refractivity contribution in [3.8, 4) is 11.3 Å². The molecule has 0 fully saturated rings. The highest BCUT2D eigenvalue weighted by Crippen LogP contribution is 2.36. The number of carbonyl (C=O) groups excluding carboxylic acids is 1. The highest BCUT2D eigenvalue weighted by atomic mass is 35.5. The Labute approximate surface area is 170 Å². The highest BCUT2D eigenvalue weighted by Gasteiger charge is 2.16. The average Bonchev–Trinajstić information content (AvgIpc) is 3.05. The summed E-state index contributed by atoms with van der Waals surface area (Å²) in [6, 6.07) is 9.68. The van der Waals surface area contributed by atoms with Crippen molar-refractivity contribution in [3.63, 3.8) is 0 Å². The summed E-state index contributed by atoms with van der Waals surface area (Å²) in [6.07, 6.45) is 3.62. The van der Waals surface area contributed by atoms with Crippen molar-refractivity contribution in [1.29, 1.82) is 0 Å². The number of ketones is 1. The molecule has 4 aromatic rings. The van der Waals surface area contributed by atoms with Gasteiger partial charge < -0.3 is 16.0 Å². The third-order valence-electron chi connectivity index (χ3n) is 4.58. The van der Waals surface area contributed by atoms with Gasteiger partial charge in [0.1, 0.15) is 17.3 Å². The molecule has 4 N–H and O–H groups in total. The van der Waals surface area contributed by atoms with Crippen molar-refractivity contribution in [1.82, 2.24) is 15.0 Å². The van der Waals surface area contributed by atoms with Crippen molar-refractivity contribution >= 4 is 45.5 Å². The third kappa shape index (κ3) is 3.52. The van der Waals surface area contributed by atoms with E-state index in [4.69, 9.17) is 17.3 Å². The predicted octanol–water partition coefficient (Wildman–Crippen LogP) is 5.34. The zero-order valence-electron chi connectivity index (χ0n) is 15.5. The number of fused-ring (bicyclic) bond motifs is 1. The molecule has 0 unspecified atom stereocenters. The van der Waals surface area contributed by atoms with Crippen LogP contribution in [0.4, 0.5) is 21.6 Å². The number of pyridine rings is 2. The van der Waals surface area contributed by atoms with Crippen LogP contribution < -0.4 is 11.1 Å². The standard InChI is InChI=1S/C21H17ClFN5O/c1-2-17(29)16-9-11(5-7-25-16)18-19-13(6-8-26-18)20(21(24)28-19)27-12-3-4-15(23)14(22)10-12/h3-10,27-28H,2,24H2,1H3. The second-order valence-corrected chi connectivity index (χ2v) is 6.86. The van der Waals surface area contributed by atoms with Gasteiger partial charge in [-0.25, -0.2) is 4.39 Å². The Kier molecular flexibility index (Phi) is 4.90. The lowest BCUT2D eigenvalue weighted by Crippen LogP contribution is -2.00. The Morgan fingerprint density at radius 3 is 2.76 bits per heavy atom.